The topological polar surface area (TPSA) is 61.4 Å². The normalized spacial score (nSPS) is 20.3. The van der Waals surface area contributed by atoms with Crippen LogP contribution in [0.15, 0.2) is 71.9 Å². The molecule has 5 rings (SSSR count). The number of allylic oxidation sites excluding steroid dienone is 1. The van der Waals surface area contributed by atoms with Gasteiger partial charge in [-0.05, 0) is 40.3 Å². The first-order valence-electron chi connectivity index (χ1n) is 10.0. The van der Waals surface area contributed by atoms with Crippen molar-refractivity contribution in [1.82, 2.24) is 0 Å². The molecule has 1 atom stereocenters. The number of carbonyl (C=O) groups is 1. The van der Waals surface area contributed by atoms with Crippen LogP contribution in [0.4, 0.5) is 11.4 Å². The average Bonchev–Trinajstić information content (AvgIpc) is 2.84. The van der Waals surface area contributed by atoms with Crippen molar-refractivity contribution in [3.8, 4) is 5.75 Å². The highest BCUT2D eigenvalue weighted by molar-refractivity contribution is 6.02. The predicted molar refractivity (Wildman–Crippen MR) is 117 cm³/mol. The first-order chi connectivity index (χ1) is 13.9. The summed E-state index contributed by atoms with van der Waals surface area (Å²) in [4.78, 5) is 13.4. The fraction of sp³-hybridized carbons (Fsp3) is 0.240. The van der Waals surface area contributed by atoms with Crippen molar-refractivity contribution in [1.29, 1.82) is 0 Å². The van der Waals surface area contributed by atoms with Gasteiger partial charge in [-0.2, -0.15) is 0 Å². The zero-order valence-corrected chi connectivity index (χ0v) is 16.6. The van der Waals surface area contributed by atoms with Gasteiger partial charge in [-0.3, -0.25) is 4.79 Å². The highest BCUT2D eigenvalue weighted by Gasteiger charge is 2.39. The fourth-order valence-corrected chi connectivity index (χ4v) is 4.69. The van der Waals surface area contributed by atoms with E-state index in [0.29, 0.717) is 12.1 Å². The quantitative estimate of drug-likeness (QED) is 0.466. The third-order valence-electron chi connectivity index (χ3n) is 5.96. The lowest BCUT2D eigenvalue weighted by atomic mass is 9.73. The Morgan fingerprint density at radius 1 is 0.966 bits per heavy atom. The molecular formula is C25H24N2O2. The molecule has 3 aromatic carbocycles. The Labute approximate surface area is 170 Å². The minimum atomic E-state index is -0.282. The largest absolute Gasteiger partial charge is 0.506 e. The van der Waals surface area contributed by atoms with E-state index in [1.165, 1.54) is 0 Å². The lowest BCUT2D eigenvalue weighted by molar-refractivity contribution is -0.118. The number of fused-ring (bicyclic) bond motifs is 2. The van der Waals surface area contributed by atoms with E-state index < -0.39 is 0 Å². The van der Waals surface area contributed by atoms with Crippen LogP contribution >= 0.6 is 0 Å². The summed E-state index contributed by atoms with van der Waals surface area (Å²) in [5, 5.41) is 19.7. The van der Waals surface area contributed by atoms with E-state index in [4.69, 9.17) is 0 Å². The zero-order valence-electron chi connectivity index (χ0n) is 16.6. The lowest BCUT2D eigenvalue weighted by Crippen LogP contribution is -2.31. The highest BCUT2D eigenvalue weighted by Crippen LogP contribution is 2.48. The summed E-state index contributed by atoms with van der Waals surface area (Å²) in [6.07, 6.45) is 1.27. The Bertz CT molecular complexity index is 1170. The standard InChI is InChI=1S/C25H24N2O2/c1-25(2)13-19-22(21(29)14-25)23(26-18-11-6-12-20(28)24(18)27-19)17-10-5-8-15-7-3-4-9-16(15)17/h3-12,23,26-28H,13-14H2,1-2H3. The van der Waals surface area contributed by atoms with Gasteiger partial charge >= 0.3 is 0 Å². The van der Waals surface area contributed by atoms with Crippen molar-refractivity contribution in [2.24, 2.45) is 5.41 Å². The van der Waals surface area contributed by atoms with E-state index >= 15 is 0 Å². The van der Waals surface area contributed by atoms with Crippen LogP contribution in [-0.2, 0) is 4.79 Å². The molecule has 0 fully saturated rings. The molecule has 0 radical (unpaired) electrons. The van der Waals surface area contributed by atoms with E-state index in [-0.39, 0.29) is 23.0 Å². The second kappa shape index (κ2) is 6.38. The van der Waals surface area contributed by atoms with Gasteiger partial charge in [-0.1, -0.05) is 62.4 Å². The van der Waals surface area contributed by atoms with E-state index in [2.05, 4.69) is 48.7 Å². The van der Waals surface area contributed by atoms with Crippen molar-refractivity contribution >= 4 is 27.9 Å². The van der Waals surface area contributed by atoms with Crippen LogP contribution in [0.3, 0.4) is 0 Å². The average molecular weight is 384 g/mol. The number of rotatable bonds is 1. The number of carbonyl (C=O) groups excluding carboxylic acids is 1. The van der Waals surface area contributed by atoms with Crippen molar-refractivity contribution in [2.75, 3.05) is 10.6 Å². The Kier molecular flexibility index (Phi) is 3.91. The van der Waals surface area contributed by atoms with E-state index in [0.717, 1.165) is 39.7 Å². The first kappa shape index (κ1) is 17.8. The molecule has 0 saturated carbocycles. The summed E-state index contributed by atoms with van der Waals surface area (Å²) < 4.78 is 0. The van der Waals surface area contributed by atoms with Gasteiger partial charge < -0.3 is 15.7 Å². The number of anilines is 2. The SMILES string of the molecule is CC1(C)CC(=O)C2=C(C1)Nc1c(O)cccc1NC2c1cccc2ccccc12. The van der Waals surface area contributed by atoms with Crippen molar-refractivity contribution < 1.29 is 9.90 Å². The molecule has 0 aromatic heterocycles. The van der Waals surface area contributed by atoms with Crippen molar-refractivity contribution in [2.45, 2.75) is 32.7 Å². The molecule has 1 aliphatic heterocycles. The second-order valence-corrected chi connectivity index (χ2v) is 8.80. The number of phenolic OH excluding ortho intramolecular Hbond substituents is 1. The van der Waals surface area contributed by atoms with Crippen LogP contribution in [0, 0.1) is 5.41 Å². The number of aromatic hydroxyl groups is 1. The number of phenols is 1. The lowest BCUT2D eigenvalue weighted by Gasteiger charge is -2.34. The van der Waals surface area contributed by atoms with E-state index in [9.17, 15) is 9.90 Å². The number of nitrogens with one attached hydrogen (secondary N) is 2. The molecule has 1 aliphatic carbocycles. The number of ketones is 1. The molecule has 2 aliphatic rings. The molecule has 0 amide bonds. The molecule has 146 valence electrons. The molecule has 0 saturated heterocycles. The van der Waals surface area contributed by atoms with Gasteiger partial charge in [0.15, 0.2) is 5.78 Å². The van der Waals surface area contributed by atoms with Crippen molar-refractivity contribution in [3.63, 3.8) is 0 Å². The van der Waals surface area contributed by atoms with E-state index in [1.54, 1.807) is 6.07 Å². The number of para-hydroxylation sites is 1. The molecule has 0 bridgehead atoms. The van der Waals surface area contributed by atoms with Crippen LogP contribution < -0.4 is 10.6 Å². The maximum Gasteiger partial charge on any atom is 0.163 e. The molecule has 1 unspecified atom stereocenters. The smallest absolute Gasteiger partial charge is 0.163 e. The molecule has 1 heterocycles. The Morgan fingerprint density at radius 3 is 2.59 bits per heavy atom. The molecule has 29 heavy (non-hydrogen) atoms. The Balaban J connectivity index is 1.77. The van der Waals surface area contributed by atoms with Gasteiger partial charge in [-0.25, -0.2) is 0 Å². The van der Waals surface area contributed by atoms with Gasteiger partial charge in [0.05, 0.1) is 11.7 Å². The van der Waals surface area contributed by atoms with Gasteiger partial charge in [0.25, 0.3) is 0 Å². The Morgan fingerprint density at radius 2 is 1.72 bits per heavy atom. The maximum atomic E-state index is 13.4. The molecule has 4 heteroatoms. The summed E-state index contributed by atoms with van der Waals surface area (Å²) in [6, 6.07) is 19.6. The molecule has 3 N–H and O–H groups in total. The minimum absolute atomic E-state index is 0.124. The van der Waals surface area contributed by atoms with Crippen LogP contribution in [0.1, 0.15) is 38.3 Å². The monoisotopic (exact) mass is 384 g/mol. The van der Waals surface area contributed by atoms with Gasteiger partial charge in [0.1, 0.15) is 11.4 Å². The predicted octanol–water partition coefficient (Wildman–Crippen LogP) is 5.77. The number of benzene rings is 3. The number of hydrogen-bond donors (Lipinski definition) is 3. The van der Waals surface area contributed by atoms with Crippen LogP contribution in [0.5, 0.6) is 5.75 Å². The molecule has 3 aromatic rings. The summed E-state index contributed by atoms with van der Waals surface area (Å²) in [5.74, 6) is 0.331. The second-order valence-electron chi connectivity index (χ2n) is 8.80. The summed E-state index contributed by atoms with van der Waals surface area (Å²) in [7, 11) is 0. The first-order valence-corrected chi connectivity index (χ1v) is 10.0. The molecule has 0 spiro atoms. The highest BCUT2D eigenvalue weighted by atomic mass is 16.3. The third kappa shape index (κ3) is 2.96. The maximum absolute atomic E-state index is 13.4. The van der Waals surface area contributed by atoms with Crippen LogP contribution in [0.2, 0.25) is 0 Å². The van der Waals surface area contributed by atoms with Gasteiger partial charge in [0.2, 0.25) is 0 Å². The van der Waals surface area contributed by atoms with Gasteiger partial charge in [-0.15, -0.1) is 0 Å². The molecular weight excluding hydrogens is 360 g/mol. The summed E-state index contributed by atoms with van der Waals surface area (Å²) >= 11 is 0. The Hall–Kier alpha value is -3.27. The van der Waals surface area contributed by atoms with Crippen LogP contribution in [0.25, 0.3) is 10.8 Å². The number of Topliss-reactive ketones (excluding diaryl/α,β-unsaturated/α-hetero) is 1. The van der Waals surface area contributed by atoms with Crippen LogP contribution in [-0.4, -0.2) is 10.9 Å². The van der Waals surface area contributed by atoms with Crippen molar-refractivity contribution in [3.05, 3.63) is 77.5 Å². The van der Waals surface area contributed by atoms with E-state index in [1.807, 2.05) is 30.3 Å². The third-order valence-corrected chi connectivity index (χ3v) is 5.96. The fourth-order valence-electron chi connectivity index (χ4n) is 4.69. The zero-order chi connectivity index (χ0) is 20.2. The summed E-state index contributed by atoms with van der Waals surface area (Å²) in [6.45, 7) is 4.24. The minimum Gasteiger partial charge on any atom is -0.506 e. The number of hydrogen-bond acceptors (Lipinski definition) is 4. The summed E-state index contributed by atoms with van der Waals surface area (Å²) in [5.41, 5.74) is 4.05. The van der Waals surface area contributed by atoms with Gasteiger partial charge in [0, 0.05) is 17.7 Å². The molecule has 4 nitrogen and oxygen atoms in total.